The van der Waals surface area contributed by atoms with Gasteiger partial charge in [0.1, 0.15) is 11.6 Å². The first-order valence-corrected chi connectivity index (χ1v) is 6.53. The van der Waals surface area contributed by atoms with E-state index in [1.165, 1.54) is 12.1 Å². The Hall–Kier alpha value is -1.76. The Bertz CT molecular complexity index is 637. The molecule has 2 rings (SSSR count). The molecular formula is C13H10BrF3N2O. The lowest BCUT2D eigenvalue weighted by Gasteiger charge is -2.09. The number of halogens is 4. The van der Waals surface area contributed by atoms with Crippen LogP contribution >= 0.6 is 15.9 Å². The van der Waals surface area contributed by atoms with E-state index in [0.717, 1.165) is 6.07 Å². The second-order valence-corrected chi connectivity index (χ2v) is 4.67. The molecule has 2 aromatic rings. The summed E-state index contributed by atoms with van der Waals surface area (Å²) < 4.78 is 45.7. The van der Waals surface area contributed by atoms with Crippen LogP contribution in [0.5, 0.6) is 11.6 Å². The van der Waals surface area contributed by atoms with Crippen LogP contribution in [0.1, 0.15) is 6.92 Å². The van der Waals surface area contributed by atoms with Gasteiger partial charge in [-0.15, -0.1) is 0 Å². The average Bonchev–Trinajstić information content (AvgIpc) is 2.39. The molecule has 0 aliphatic carbocycles. The zero-order valence-corrected chi connectivity index (χ0v) is 12.0. The van der Waals surface area contributed by atoms with Crippen LogP contribution in [0.25, 0.3) is 0 Å². The molecule has 0 spiro atoms. The van der Waals surface area contributed by atoms with Gasteiger partial charge in [-0.2, -0.15) is 4.98 Å². The SMILES string of the molecule is CCNc1nc(Oc2ccc(Br)c(F)c2)c(F)cc1F. The fraction of sp³-hybridized carbons (Fsp3) is 0.154. The van der Waals surface area contributed by atoms with Crippen molar-refractivity contribution in [1.29, 1.82) is 0 Å². The van der Waals surface area contributed by atoms with Crippen LogP contribution in [0, 0.1) is 17.5 Å². The Morgan fingerprint density at radius 2 is 1.90 bits per heavy atom. The number of rotatable bonds is 4. The normalized spacial score (nSPS) is 10.4. The predicted molar refractivity (Wildman–Crippen MR) is 72.5 cm³/mol. The van der Waals surface area contributed by atoms with Crippen molar-refractivity contribution in [3.05, 3.63) is 46.2 Å². The molecule has 1 heterocycles. The molecule has 0 aliphatic heterocycles. The number of hydrogen-bond donors (Lipinski definition) is 1. The molecule has 0 atom stereocenters. The van der Waals surface area contributed by atoms with E-state index in [-0.39, 0.29) is 16.0 Å². The number of benzene rings is 1. The molecule has 0 radical (unpaired) electrons. The summed E-state index contributed by atoms with van der Waals surface area (Å²) in [6.07, 6.45) is 0. The highest BCUT2D eigenvalue weighted by Gasteiger charge is 2.14. The van der Waals surface area contributed by atoms with Crippen molar-refractivity contribution < 1.29 is 17.9 Å². The number of hydrogen-bond acceptors (Lipinski definition) is 3. The molecule has 106 valence electrons. The first-order chi connectivity index (χ1) is 9.51. The van der Waals surface area contributed by atoms with Crippen LogP contribution in [0.4, 0.5) is 19.0 Å². The maximum Gasteiger partial charge on any atom is 0.258 e. The lowest BCUT2D eigenvalue weighted by atomic mass is 10.3. The Morgan fingerprint density at radius 3 is 2.55 bits per heavy atom. The number of pyridine rings is 1. The lowest BCUT2D eigenvalue weighted by Crippen LogP contribution is -2.04. The van der Waals surface area contributed by atoms with E-state index in [9.17, 15) is 13.2 Å². The first kappa shape index (κ1) is 14.6. The molecule has 0 unspecified atom stereocenters. The smallest absolute Gasteiger partial charge is 0.258 e. The van der Waals surface area contributed by atoms with Gasteiger partial charge in [-0.1, -0.05) is 0 Å². The fourth-order valence-electron chi connectivity index (χ4n) is 1.46. The third-order valence-corrected chi connectivity index (χ3v) is 2.99. The van der Waals surface area contributed by atoms with Crippen LogP contribution in [0.15, 0.2) is 28.7 Å². The maximum atomic E-state index is 13.6. The molecule has 0 saturated heterocycles. The molecule has 1 N–H and O–H groups in total. The van der Waals surface area contributed by atoms with E-state index in [0.29, 0.717) is 12.6 Å². The first-order valence-electron chi connectivity index (χ1n) is 5.74. The Morgan fingerprint density at radius 1 is 1.15 bits per heavy atom. The van der Waals surface area contributed by atoms with E-state index in [4.69, 9.17) is 4.74 Å². The van der Waals surface area contributed by atoms with E-state index in [1.807, 2.05) is 0 Å². The predicted octanol–water partition coefficient (Wildman–Crippen LogP) is 4.49. The number of nitrogens with zero attached hydrogens (tertiary/aromatic N) is 1. The Balaban J connectivity index is 2.32. The summed E-state index contributed by atoms with van der Waals surface area (Å²) in [5.41, 5.74) is 0. The zero-order valence-electron chi connectivity index (χ0n) is 10.4. The monoisotopic (exact) mass is 346 g/mol. The van der Waals surface area contributed by atoms with Crippen molar-refractivity contribution in [1.82, 2.24) is 4.98 Å². The molecule has 0 saturated carbocycles. The van der Waals surface area contributed by atoms with Crippen molar-refractivity contribution in [3.8, 4) is 11.6 Å². The number of nitrogens with one attached hydrogen (secondary N) is 1. The van der Waals surface area contributed by atoms with Crippen molar-refractivity contribution in [3.63, 3.8) is 0 Å². The molecular weight excluding hydrogens is 337 g/mol. The zero-order chi connectivity index (χ0) is 14.7. The highest BCUT2D eigenvalue weighted by molar-refractivity contribution is 9.10. The molecule has 7 heteroatoms. The van der Waals surface area contributed by atoms with Gasteiger partial charge in [-0.05, 0) is 35.0 Å². The molecule has 0 aliphatic rings. The van der Waals surface area contributed by atoms with Gasteiger partial charge < -0.3 is 10.1 Å². The van der Waals surface area contributed by atoms with E-state index in [2.05, 4.69) is 26.2 Å². The topological polar surface area (TPSA) is 34.2 Å². The summed E-state index contributed by atoms with van der Waals surface area (Å²) in [4.78, 5) is 3.69. The maximum absolute atomic E-state index is 13.6. The van der Waals surface area contributed by atoms with Crippen molar-refractivity contribution in [2.75, 3.05) is 11.9 Å². The average molecular weight is 347 g/mol. The van der Waals surface area contributed by atoms with Crippen LogP contribution in [0.3, 0.4) is 0 Å². The second-order valence-electron chi connectivity index (χ2n) is 3.81. The molecule has 0 amide bonds. The number of aromatic nitrogens is 1. The summed E-state index contributed by atoms with van der Waals surface area (Å²) in [6, 6.07) is 4.58. The van der Waals surface area contributed by atoms with E-state index < -0.39 is 23.3 Å². The van der Waals surface area contributed by atoms with Crippen molar-refractivity contribution >= 4 is 21.7 Å². The highest BCUT2D eigenvalue weighted by atomic mass is 79.9. The van der Waals surface area contributed by atoms with Gasteiger partial charge in [0.2, 0.25) is 0 Å². The minimum Gasteiger partial charge on any atom is -0.436 e. The second kappa shape index (κ2) is 6.13. The number of anilines is 1. The van der Waals surface area contributed by atoms with Crippen LogP contribution in [-0.2, 0) is 0 Å². The van der Waals surface area contributed by atoms with Crippen LogP contribution in [0.2, 0.25) is 0 Å². The molecule has 1 aromatic carbocycles. The molecule has 20 heavy (non-hydrogen) atoms. The Labute approximate surface area is 121 Å². The standard InChI is InChI=1S/C13H10BrF3N2O/c1-2-18-12-10(16)6-11(17)13(19-12)20-7-3-4-8(14)9(15)5-7/h3-6H,2H2,1H3,(H,18,19). The third-order valence-electron chi connectivity index (χ3n) is 2.35. The molecule has 3 nitrogen and oxygen atoms in total. The van der Waals surface area contributed by atoms with Gasteiger partial charge in [-0.25, -0.2) is 13.2 Å². The van der Waals surface area contributed by atoms with E-state index >= 15 is 0 Å². The summed E-state index contributed by atoms with van der Waals surface area (Å²) >= 11 is 2.99. The van der Waals surface area contributed by atoms with Crippen molar-refractivity contribution in [2.45, 2.75) is 6.92 Å². The summed E-state index contributed by atoms with van der Waals surface area (Å²) in [7, 11) is 0. The molecule has 0 fully saturated rings. The van der Waals surface area contributed by atoms with Gasteiger partial charge in [0.25, 0.3) is 5.88 Å². The highest BCUT2D eigenvalue weighted by Crippen LogP contribution is 2.28. The molecule has 1 aromatic heterocycles. The largest absolute Gasteiger partial charge is 0.436 e. The van der Waals surface area contributed by atoms with Gasteiger partial charge in [0.05, 0.1) is 4.47 Å². The third kappa shape index (κ3) is 3.22. The van der Waals surface area contributed by atoms with Gasteiger partial charge in [0, 0.05) is 18.7 Å². The van der Waals surface area contributed by atoms with E-state index in [1.54, 1.807) is 6.92 Å². The van der Waals surface area contributed by atoms with Crippen molar-refractivity contribution in [2.24, 2.45) is 0 Å². The number of ether oxygens (including phenoxy) is 1. The summed E-state index contributed by atoms with van der Waals surface area (Å²) in [5.74, 6) is -2.83. The lowest BCUT2D eigenvalue weighted by molar-refractivity contribution is 0.415. The van der Waals surface area contributed by atoms with Crippen LogP contribution < -0.4 is 10.1 Å². The van der Waals surface area contributed by atoms with Crippen LogP contribution in [-0.4, -0.2) is 11.5 Å². The Kier molecular flexibility index (Phi) is 4.49. The van der Waals surface area contributed by atoms with Gasteiger partial charge in [0.15, 0.2) is 17.5 Å². The minimum absolute atomic E-state index is 0.0613. The minimum atomic E-state index is -0.965. The fourth-order valence-corrected chi connectivity index (χ4v) is 1.71. The van der Waals surface area contributed by atoms with Gasteiger partial charge >= 0.3 is 0 Å². The summed E-state index contributed by atoms with van der Waals surface area (Å²) in [5, 5.41) is 2.64. The quantitative estimate of drug-likeness (QED) is 0.885. The molecule has 0 bridgehead atoms. The van der Waals surface area contributed by atoms with Gasteiger partial charge in [-0.3, -0.25) is 0 Å². The summed E-state index contributed by atoms with van der Waals surface area (Å²) in [6.45, 7) is 2.16.